The number of amides is 1. The first-order valence-corrected chi connectivity index (χ1v) is 6.87. The molecule has 1 atom stereocenters. The number of carbonyl (C=O) groups excluding carboxylic acids is 1. The Hall–Kier alpha value is -2.36. The number of primary amides is 1. The van der Waals surface area contributed by atoms with Crippen LogP contribution in [-0.4, -0.2) is 13.0 Å². The number of methoxy groups -OCH3 is 1. The summed E-state index contributed by atoms with van der Waals surface area (Å²) >= 11 is 0. The van der Waals surface area contributed by atoms with Gasteiger partial charge in [-0.2, -0.15) is 0 Å². The molecule has 0 radical (unpaired) electrons. The van der Waals surface area contributed by atoms with Crippen molar-refractivity contribution in [3.8, 4) is 5.75 Å². The van der Waals surface area contributed by atoms with E-state index in [9.17, 15) is 9.18 Å². The van der Waals surface area contributed by atoms with Crippen molar-refractivity contribution >= 4 is 5.91 Å². The number of benzene rings is 2. The van der Waals surface area contributed by atoms with Crippen molar-refractivity contribution in [2.24, 2.45) is 5.73 Å². The molecule has 1 aliphatic carbocycles. The van der Waals surface area contributed by atoms with Crippen molar-refractivity contribution in [3.63, 3.8) is 0 Å². The highest BCUT2D eigenvalue weighted by Gasteiger charge is 2.29. The molecule has 0 saturated heterocycles. The van der Waals surface area contributed by atoms with E-state index in [1.165, 1.54) is 13.2 Å². The Morgan fingerprint density at radius 2 is 2.05 bits per heavy atom. The zero-order valence-corrected chi connectivity index (χ0v) is 11.7. The number of nitrogens with two attached hydrogens (primary N) is 1. The first-order valence-electron chi connectivity index (χ1n) is 6.87. The molecule has 108 valence electrons. The van der Waals surface area contributed by atoms with Crippen molar-refractivity contribution in [1.82, 2.24) is 0 Å². The summed E-state index contributed by atoms with van der Waals surface area (Å²) < 4.78 is 19.3. The van der Waals surface area contributed by atoms with Crippen LogP contribution in [0.4, 0.5) is 4.39 Å². The van der Waals surface area contributed by atoms with Crippen molar-refractivity contribution in [2.75, 3.05) is 7.11 Å². The molecule has 0 aromatic heterocycles. The Labute approximate surface area is 122 Å². The lowest BCUT2D eigenvalue weighted by Crippen LogP contribution is -2.15. The van der Waals surface area contributed by atoms with Crippen LogP contribution in [0.25, 0.3) is 0 Å². The molecule has 3 rings (SSSR count). The lowest BCUT2D eigenvalue weighted by molar-refractivity contribution is 0.0999. The molecule has 0 aliphatic heterocycles. The summed E-state index contributed by atoms with van der Waals surface area (Å²) in [6, 6.07) is 10.5. The fourth-order valence-electron chi connectivity index (χ4n) is 3.12. The van der Waals surface area contributed by atoms with E-state index in [2.05, 4.69) is 0 Å². The highest BCUT2D eigenvalue weighted by atomic mass is 19.1. The average molecular weight is 285 g/mol. The largest absolute Gasteiger partial charge is 0.497 e. The third-order valence-corrected chi connectivity index (χ3v) is 4.10. The lowest BCUT2D eigenvalue weighted by atomic mass is 9.89. The maximum absolute atomic E-state index is 14.1. The molecule has 0 bridgehead atoms. The Bertz CT molecular complexity index is 712. The molecule has 0 spiro atoms. The van der Waals surface area contributed by atoms with Crippen LogP contribution in [0.2, 0.25) is 0 Å². The molecule has 3 nitrogen and oxygen atoms in total. The smallest absolute Gasteiger partial charge is 0.248 e. The third kappa shape index (κ3) is 2.27. The summed E-state index contributed by atoms with van der Waals surface area (Å²) in [6.07, 6.45) is 1.42. The standard InChI is InChI=1S/C17H16FNO2/c1-21-10-8-15-12(6-7-13(15)16(18)9-10)11-4-2-3-5-14(11)17(19)20/h2-5,8-9,12H,6-7H2,1H3,(H2,19,20)/t12-/m1/s1. The molecule has 0 heterocycles. The average Bonchev–Trinajstić information content (AvgIpc) is 2.91. The van der Waals surface area contributed by atoms with Crippen LogP contribution in [0.5, 0.6) is 5.75 Å². The normalized spacial score (nSPS) is 16.6. The summed E-state index contributed by atoms with van der Waals surface area (Å²) in [6.45, 7) is 0. The maximum Gasteiger partial charge on any atom is 0.248 e. The molecule has 21 heavy (non-hydrogen) atoms. The van der Waals surface area contributed by atoms with E-state index in [-0.39, 0.29) is 11.7 Å². The van der Waals surface area contributed by atoms with Gasteiger partial charge in [-0.25, -0.2) is 4.39 Å². The molecule has 1 amide bonds. The SMILES string of the molecule is COc1cc(F)c2c(c1)[C@@H](c1ccccc1C(N)=O)CC2. The van der Waals surface area contributed by atoms with Gasteiger partial charge in [0.2, 0.25) is 5.91 Å². The van der Waals surface area contributed by atoms with Gasteiger partial charge in [0, 0.05) is 17.5 Å². The summed E-state index contributed by atoms with van der Waals surface area (Å²) in [5, 5.41) is 0. The second kappa shape index (κ2) is 5.20. The number of carbonyl (C=O) groups is 1. The molecular weight excluding hydrogens is 269 g/mol. The first-order chi connectivity index (χ1) is 10.1. The minimum absolute atomic E-state index is 0.0201. The number of ether oxygens (including phenoxy) is 1. The van der Waals surface area contributed by atoms with Gasteiger partial charge in [-0.3, -0.25) is 4.79 Å². The molecule has 2 aromatic rings. The summed E-state index contributed by atoms with van der Waals surface area (Å²) in [4.78, 5) is 11.6. The van der Waals surface area contributed by atoms with E-state index in [1.54, 1.807) is 12.1 Å². The fourth-order valence-corrected chi connectivity index (χ4v) is 3.12. The Morgan fingerprint density at radius 3 is 2.76 bits per heavy atom. The molecular formula is C17H16FNO2. The van der Waals surface area contributed by atoms with Crippen LogP contribution in [-0.2, 0) is 6.42 Å². The second-order valence-corrected chi connectivity index (χ2v) is 5.22. The van der Waals surface area contributed by atoms with Gasteiger partial charge in [0.15, 0.2) is 0 Å². The van der Waals surface area contributed by atoms with Gasteiger partial charge in [0.05, 0.1) is 7.11 Å². The van der Waals surface area contributed by atoms with E-state index in [4.69, 9.17) is 10.5 Å². The second-order valence-electron chi connectivity index (χ2n) is 5.22. The van der Waals surface area contributed by atoms with Crippen molar-refractivity contribution in [2.45, 2.75) is 18.8 Å². The number of halogens is 1. The van der Waals surface area contributed by atoms with E-state index >= 15 is 0 Å². The molecule has 1 aliphatic rings. The van der Waals surface area contributed by atoms with Crippen LogP contribution in [0.1, 0.15) is 39.4 Å². The number of hydrogen-bond donors (Lipinski definition) is 1. The van der Waals surface area contributed by atoms with E-state index in [0.29, 0.717) is 23.3 Å². The summed E-state index contributed by atoms with van der Waals surface area (Å²) in [5.74, 6) is -0.228. The van der Waals surface area contributed by atoms with Crippen molar-refractivity contribution < 1.29 is 13.9 Å². The van der Waals surface area contributed by atoms with Crippen LogP contribution in [0, 0.1) is 5.82 Å². The van der Waals surface area contributed by atoms with E-state index < -0.39 is 5.91 Å². The lowest BCUT2D eigenvalue weighted by Gasteiger charge is -2.16. The minimum Gasteiger partial charge on any atom is -0.497 e. The topological polar surface area (TPSA) is 52.3 Å². The predicted molar refractivity (Wildman–Crippen MR) is 78.1 cm³/mol. The quantitative estimate of drug-likeness (QED) is 0.942. The highest BCUT2D eigenvalue weighted by molar-refractivity contribution is 5.94. The van der Waals surface area contributed by atoms with Gasteiger partial charge in [0.1, 0.15) is 11.6 Å². The minimum atomic E-state index is -0.456. The Balaban J connectivity index is 2.13. The fraction of sp³-hybridized carbons (Fsp3) is 0.235. The monoisotopic (exact) mass is 285 g/mol. The van der Waals surface area contributed by atoms with E-state index in [0.717, 1.165) is 17.5 Å². The highest BCUT2D eigenvalue weighted by Crippen LogP contribution is 2.42. The molecule has 4 heteroatoms. The van der Waals surface area contributed by atoms with Gasteiger partial charge < -0.3 is 10.5 Å². The van der Waals surface area contributed by atoms with Crippen LogP contribution in [0.15, 0.2) is 36.4 Å². The zero-order valence-electron chi connectivity index (χ0n) is 11.7. The number of hydrogen-bond acceptors (Lipinski definition) is 2. The molecule has 0 unspecified atom stereocenters. The Morgan fingerprint density at radius 1 is 1.29 bits per heavy atom. The van der Waals surface area contributed by atoms with Crippen LogP contribution < -0.4 is 10.5 Å². The van der Waals surface area contributed by atoms with Crippen molar-refractivity contribution in [3.05, 3.63) is 64.5 Å². The van der Waals surface area contributed by atoms with Crippen LogP contribution >= 0.6 is 0 Å². The number of rotatable bonds is 3. The van der Waals surface area contributed by atoms with Gasteiger partial charge in [-0.05, 0) is 41.7 Å². The van der Waals surface area contributed by atoms with Gasteiger partial charge in [-0.15, -0.1) is 0 Å². The Kier molecular flexibility index (Phi) is 3.37. The van der Waals surface area contributed by atoms with Gasteiger partial charge in [0.25, 0.3) is 0 Å². The first kappa shape index (κ1) is 13.6. The molecule has 0 saturated carbocycles. The number of fused-ring (bicyclic) bond motifs is 1. The summed E-state index contributed by atoms with van der Waals surface area (Å²) in [5.41, 5.74) is 8.40. The maximum atomic E-state index is 14.1. The third-order valence-electron chi connectivity index (χ3n) is 4.10. The van der Waals surface area contributed by atoms with Crippen LogP contribution in [0.3, 0.4) is 0 Å². The molecule has 2 N–H and O–H groups in total. The van der Waals surface area contributed by atoms with Gasteiger partial charge >= 0.3 is 0 Å². The van der Waals surface area contributed by atoms with Crippen molar-refractivity contribution in [1.29, 1.82) is 0 Å². The summed E-state index contributed by atoms with van der Waals surface area (Å²) in [7, 11) is 1.52. The van der Waals surface area contributed by atoms with Gasteiger partial charge in [-0.1, -0.05) is 18.2 Å². The predicted octanol–water partition coefficient (Wildman–Crippen LogP) is 3.01. The van der Waals surface area contributed by atoms with E-state index in [1.807, 2.05) is 18.2 Å². The molecule has 0 fully saturated rings. The zero-order chi connectivity index (χ0) is 15.0. The molecule has 2 aromatic carbocycles.